The number of pyridine rings is 1. The van der Waals surface area contributed by atoms with Crippen LogP contribution in [0.2, 0.25) is 0 Å². The van der Waals surface area contributed by atoms with Crippen LogP contribution < -0.4 is 10.5 Å². The van der Waals surface area contributed by atoms with Gasteiger partial charge in [0.1, 0.15) is 0 Å². The van der Waals surface area contributed by atoms with Gasteiger partial charge in [-0.05, 0) is 41.8 Å². The molecule has 1 aromatic heterocycles. The number of anilines is 1. The first-order valence-electron chi connectivity index (χ1n) is 8.46. The molecule has 0 atom stereocenters. The summed E-state index contributed by atoms with van der Waals surface area (Å²) in [4.78, 5) is 27.0. The van der Waals surface area contributed by atoms with Gasteiger partial charge in [-0.3, -0.25) is 9.59 Å². The third-order valence-corrected chi connectivity index (χ3v) is 5.16. The van der Waals surface area contributed by atoms with E-state index in [0.29, 0.717) is 18.7 Å². The van der Waals surface area contributed by atoms with Crippen molar-refractivity contribution in [2.24, 2.45) is 0 Å². The van der Waals surface area contributed by atoms with Gasteiger partial charge in [0.15, 0.2) is 0 Å². The second-order valence-electron chi connectivity index (χ2n) is 6.35. The smallest absolute Gasteiger partial charge is 0.259 e. The summed E-state index contributed by atoms with van der Waals surface area (Å²) in [5, 5.41) is 0. The minimum absolute atomic E-state index is 0.0699. The van der Waals surface area contributed by atoms with Gasteiger partial charge in [-0.25, -0.2) is 0 Å². The number of para-hydroxylation sites is 1. The predicted octanol–water partition coefficient (Wildman–Crippen LogP) is 3.86. The normalized spacial score (nSPS) is 12.9. The lowest BCUT2D eigenvalue weighted by molar-refractivity contribution is 0.0988. The molecule has 0 spiro atoms. The van der Waals surface area contributed by atoms with Crippen molar-refractivity contribution < 1.29 is 4.79 Å². The first-order valence-corrected chi connectivity index (χ1v) is 9.26. The second kappa shape index (κ2) is 6.92. The zero-order valence-electron chi connectivity index (χ0n) is 14.1. The summed E-state index contributed by atoms with van der Waals surface area (Å²) >= 11 is 3.41. The Balaban J connectivity index is 1.63. The molecule has 0 aliphatic carbocycles. The largest absolute Gasteiger partial charge is 0.310 e. The molecule has 2 aromatic carbocycles. The number of rotatable bonds is 3. The van der Waals surface area contributed by atoms with E-state index in [-0.39, 0.29) is 11.5 Å². The van der Waals surface area contributed by atoms with Gasteiger partial charge in [-0.15, -0.1) is 0 Å². The molecule has 0 radical (unpaired) electrons. The summed E-state index contributed by atoms with van der Waals surface area (Å²) in [5.74, 6) is -0.0699. The molecule has 1 amide bonds. The molecule has 3 aromatic rings. The highest BCUT2D eigenvalue weighted by molar-refractivity contribution is 9.10. The van der Waals surface area contributed by atoms with E-state index in [2.05, 4.69) is 22.0 Å². The lowest BCUT2D eigenvalue weighted by Gasteiger charge is -2.18. The molecule has 130 valence electrons. The van der Waals surface area contributed by atoms with Crippen LogP contribution in [-0.2, 0) is 13.0 Å². The van der Waals surface area contributed by atoms with Crippen LogP contribution in [0, 0.1) is 0 Å². The van der Waals surface area contributed by atoms with Crippen molar-refractivity contribution in [3.8, 4) is 0 Å². The molecule has 0 fully saturated rings. The molecule has 0 saturated heterocycles. The number of amides is 1. The zero-order chi connectivity index (χ0) is 18.1. The van der Waals surface area contributed by atoms with Gasteiger partial charge in [0.2, 0.25) is 0 Å². The van der Waals surface area contributed by atoms with Crippen molar-refractivity contribution in [1.82, 2.24) is 4.57 Å². The molecule has 1 aliphatic heterocycles. The summed E-state index contributed by atoms with van der Waals surface area (Å²) in [5.41, 5.74) is 3.56. The van der Waals surface area contributed by atoms with Crippen LogP contribution in [0.3, 0.4) is 0 Å². The fourth-order valence-electron chi connectivity index (χ4n) is 3.27. The monoisotopic (exact) mass is 408 g/mol. The minimum Gasteiger partial charge on any atom is -0.310 e. The molecule has 5 heteroatoms. The molecule has 2 heterocycles. The van der Waals surface area contributed by atoms with Crippen LogP contribution in [-0.4, -0.2) is 17.0 Å². The van der Waals surface area contributed by atoms with E-state index in [9.17, 15) is 9.59 Å². The van der Waals surface area contributed by atoms with E-state index in [1.54, 1.807) is 21.7 Å². The van der Waals surface area contributed by atoms with Crippen molar-refractivity contribution in [1.29, 1.82) is 0 Å². The molecule has 0 unspecified atom stereocenters. The topological polar surface area (TPSA) is 42.3 Å². The molecule has 0 bridgehead atoms. The first kappa shape index (κ1) is 16.8. The molecular formula is C21H17BrN2O2. The highest BCUT2D eigenvalue weighted by atomic mass is 79.9. The van der Waals surface area contributed by atoms with E-state index in [0.717, 1.165) is 22.1 Å². The van der Waals surface area contributed by atoms with E-state index >= 15 is 0 Å². The fourth-order valence-corrected chi connectivity index (χ4v) is 3.54. The molecule has 0 saturated carbocycles. The Morgan fingerprint density at radius 3 is 2.58 bits per heavy atom. The number of hydrogen-bond acceptors (Lipinski definition) is 2. The third kappa shape index (κ3) is 3.22. The Kier molecular flexibility index (Phi) is 4.47. The lowest BCUT2D eigenvalue weighted by atomic mass is 10.1. The van der Waals surface area contributed by atoms with Gasteiger partial charge < -0.3 is 9.47 Å². The third-order valence-electron chi connectivity index (χ3n) is 4.63. The van der Waals surface area contributed by atoms with Crippen molar-refractivity contribution in [3.63, 3.8) is 0 Å². The molecule has 4 nitrogen and oxygen atoms in total. The summed E-state index contributed by atoms with van der Waals surface area (Å²) < 4.78 is 2.57. The van der Waals surface area contributed by atoms with E-state index in [1.165, 1.54) is 11.6 Å². The standard InChI is InChI=1S/C21H17BrN2O2/c22-18-8-5-15(6-9-18)13-23-14-17(7-10-20(23)25)21(26)24-12-11-16-3-1-2-4-19(16)24/h1-10,14H,11-13H2. The van der Waals surface area contributed by atoms with Crippen LogP contribution >= 0.6 is 15.9 Å². The van der Waals surface area contributed by atoms with Gasteiger partial charge >= 0.3 is 0 Å². The Bertz CT molecular complexity index is 1020. The van der Waals surface area contributed by atoms with Crippen molar-refractivity contribution >= 4 is 27.5 Å². The molecule has 4 rings (SSSR count). The number of hydrogen-bond donors (Lipinski definition) is 0. The maximum absolute atomic E-state index is 13.0. The van der Waals surface area contributed by atoms with E-state index in [4.69, 9.17) is 0 Å². The van der Waals surface area contributed by atoms with Gasteiger partial charge in [-0.2, -0.15) is 0 Å². The van der Waals surface area contributed by atoms with Crippen LogP contribution in [0.1, 0.15) is 21.5 Å². The number of aromatic nitrogens is 1. The van der Waals surface area contributed by atoms with Gasteiger partial charge in [0.25, 0.3) is 11.5 Å². The SMILES string of the molecule is O=C(c1ccc(=O)n(Cc2ccc(Br)cc2)c1)N1CCc2ccccc21. The van der Waals surface area contributed by atoms with Gasteiger partial charge in [-0.1, -0.05) is 46.3 Å². The fraction of sp³-hybridized carbons (Fsp3) is 0.143. The summed E-state index contributed by atoms with van der Waals surface area (Å²) in [6.45, 7) is 1.10. The van der Waals surface area contributed by atoms with Gasteiger partial charge in [0, 0.05) is 29.0 Å². The number of benzene rings is 2. The Hall–Kier alpha value is -2.66. The van der Waals surface area contributed by atoms with Crippen molar-refractivity contribution in [3.05, 3.63) is 98.4 Å². The predicted molar refractivity (Wildman–Crippen MR) is 106 cm³/mol. The zero-order valence-corrected chi connectivity index (χ0v) is 15.6. The first-order chi connectivity index (χ1) is 12.6. The molecular weight excluding hydrogens is 392 g/mol. The molecule has 26 heavy (non-hydrogen) atoms. The Morgan fingerprint density at radius 2 is 1.77 bits per heavy atom. The number of carbonyl (C=O) groups excluding carboxylic acids is 1. The van der Waals surface area contributed by atoms with Crippen LogP contribution in [0.15, 0.2) is 76.1 Å². The quantitative estimate of drug-likeness (QED) is 0.660. The Labute approximate surface area is 159 Å². The summed E-state index contributed by atoms with van der Waals surface area (Å²) in [6, 6.07) is 18.8. The second-order valence-corrected chi connectivity index (χ2v) is 7.26. The molecule has 1 aliphatic rings. The molecule has 0 N–H and O–H groups in total. The Morgan fingerprint density at radius 1 is 1.00 bits per heavy atom. The maximum atomic E-state index is 13.0. The number of carbonyl (C=O) groups is 1. The summed E-state index contributed by atoms with van der Waals surface area (Å²) in [6.07, 6.45) is 2.52. The van der Waals surface area contributed by atoms with E-state index in [1.807, 2.05) is 42.5 Å². The van der Waals surface area contributed by atoms with Gasteiger partial charge in [0.05, 0.1) is 12.1 Å². The maximum Gasteiger partial charge on any atom is 0.259 e. The average molecular weight is 409 g/mol. The van der Waals surface area contributed by atoms with Crippen molar-refractivity contribution in [2.45, 2.75) is 13.0 Å². The summed E-state index contributed by atoms with van der Waals surface area (Å²) in [7, 11) is 0. The highest BCUT2D eigenvalue weighted by Gasteiger charge is 2.25. The highest BCUT2D eigenvalue weighted by Crippen LogP contribution is 2.28. The minimum atomic E-state index is -0.119. The number of halogens is 1. The average Bonchev–Trinajstić information content (AvgIpc) is 3.09. The number of nitrogens with zero attached hydrogens (tertiary/aromatic N) is 2. The van der Waals surface area contributed by atoms with Crippen LogP contribution in [0.4, 0.5) is 5.69 Å². The van der Waals surface area contributed by atoms with Crippen LogP contribution in [0.25, 0.3) is 0 Å². The number of fused-ring (bicyclic) bond motifs is 1. The van der Waals surface area contributed by atoms with Crippen LogP contribution in [0.5, 0.6) is 0 Å². The lowest BCUT2D eigenvalue weighted by Crippen LogP contribution is -2.30. The van der Waals surface area contributed by atoms with Crippen molar-refractivity contribution in [2.75, 3.05) is 11.4 Å². The van der Waals surface area contributed by atoms with E-state index < -0.39 is 0 Å².